The first kappa shape index (κ1) is 8.66. The van der Waals surface area contributed by atoms with Crippen LogP contribution in [-0.2, 0) is 0 Å². The standard InChI is InChI=1S/C8H9NS2/c1-3-6-9-11-8-5-4-7(2)10-8/h1,4-5,9H,6H2,2H3. The molecule has 0 fully saturated rings. The van der Waals surface area contributed by atoms with Crippen molar-refractivity contribution in [3.63, 3.8) is 0 Å². The highest BCUT2D eigenvalue weighted by Gasteiger charge is 1.94. The van der Waals surface area contributed by atoms with Gasteiger partial charge in [-0.05, 0) is 31.0 Å². The molecular formula is C8H9NS2. The molecule has 0 radical (unpaired) electrons. The molecule has 0 saturated carbocycles. The van der Waals surface area contributed by atoms with E-state index in [0.29, 0.717) is 6.54 Å². The smallest absolute Gasteiger partial charge is 0.0754 e. The predicted octanol–water partition coefficient (Wildman–Crippen LogP) is 2.29. The molecule has 1 nitrogen and oxygen atoms in total. The molecule has 0 aliphatic heterocycles. The molecule has 1 aromatic heterocycles. The van der Waals surface area contributed by atoms with Crippen molar-refractivity contribution in [2.75, 3.05) is 6.54 Å². The lowest BCUT2D eigenvalue weighted by molar-refractivity contribution is 1.16. The minimum Gasteiger partial charge on any atom is -0.247 e. The fourth-order valence-corrected chi connectivity index (χ4v) is 2.38. The zero-order chi connectivity index (χ0) is 8.10. The maximum Gasteiger partial charge on any atom is 0.0754 e. The summed E-state index contributed by atoms with van der Waals surface area (Å²) in [4.78, 5) is 1.33. The van der Waals surface area contributed by atoms with Crippen molar-refractivity contribution in [1.82, 2.24) is 4.72 Å². The van der Waals surface area contributed by atoms with Crippen LogP contribution < -0.4 is 4.72 Å². The third-order valence-electron chi connectivity index (χ3n) is 1.06. The van der Waals surface area contributed by atoms with Crippen molar-refractivity contribution in [2.24, 2.45) is 0 Å². The summed E-state index contributed by atoms with van der Waals surface area (Å²) in [5.74, 6) is 2.52. The van der Waals surface area contributed by atoms with Crippen molar-refractivity contribution in [3.8, 4) is 12.3 Å². The third kappa shape index (κ3) is 2.98. The molecule has 0 unspecified atom stereocenters. The summed E-state index contributed by atoms with van der Waals surface area (Å²) >= 11 is 3.36. The topological polar surface area (TPSA) is 12.0 Å². The van der Waals surface area contributed by atoms with Crippen LogP contribution in [0.4, 0.5) is 0 Å². The second kappa shape index (κ2) is 4.45. The summed E-state index contributed by atoms with van der Waals surface area (Å²) in [5.41, 5.74) is 0. The van der Waals surface area contributed by atoms with Crippen molar-refractivity contribution in [1.29, 1.82) is 0 Å². The van der Waals surface area contributed by atoms with E-state index in [-0.39, 0.29) is 0 Å². The second-order valence-corrected chi connectivity index (χ2v) is 4.47. The van der Waals surface area contributed by atoms with Crippen LogP contribution in [0.3, 0.4) is 0 Å². The lowest BCUT2D eigenvalue weighted by Crippen LogP contribution is -2.00. The molecule has 1 heterocycles. The van der Waals surface area contributed by atoms with Gasteiger partial charge < -0.3 is 0 Å². The molecule has 58 valence electrons. The molecule has 0 amide bonds. The number of hydrogen-bond acceptors (Lipinski definition) is 3. The van der Waals surface area contributed by atoms with Crippen LogP contribution in [0.15, 0.2) is 16.3 Å². The van der Waals surface area contributed by atoms with E-state index in [4.69, 9.17) is 6.42 Å². The number of thiophene rings is 1. The first-order valence-corrected chi connectivity index (χ1v) is 4.86. The molecule has 0 saturated heterocycles. The molecule has 3 heteroatoms. The Bertz CT molecular complexity index is 259. The molecule has 0 bridgehead atoms. The molecular weight excluding hydrogens is 174 g/mol. The molecule has 0 spiro atoms. The predicted molar refractivity (Wildman–Crippen MR) is 51.7 cm³/mol. The first-order valence-electron chi connectivity index (χ1n) is 3.22. The Morgan fingerprint density at radius 3 is 3.09 bits per heavy atom. The monoisotopic (exact) mass is 183 g/mol. The van der Waals surface area contributed by atoms with E-state index in [9.17, 15) is 0 Å². The highest BCUT2D eigenvalue weighted by molar-refractivity contribution is 7.99. The summed E-state index contributed by atoms with van der Waals surface area (Å²) < 4.78 is 4.32. The zero-order valence-electron chi connectivity index (χ0n) is 6.26. The minimum absolute atomic E-state index is 0.613. The fourth-order valence-electron chi connectivity index (χ4n) is 0.616. The third-order valence-corrected chi connectivity index (χ3v) is 2.98. The van der Waals surface area contributed by atoms with Crippen molar-refractivity contribution in [2.45, 2.75) is 11.1 Å². The Labute approximate surface area is 75.3 Å². The van der Waals surface area contributed by atoms with E-state index >= 15 is 0 Å². The van der Waals surface area contributed by atoms with E-state index < -0.39 is 0 Å². The number of terminal acetylenes is 1. The van der Waals surface area contributed by atoms with Crippen LogP contribution in [-0.4, -0.2) is 6.54 Å². The average molecular weight is 183 g/mol. The Hall–Kier alpha value is -0.430. The van der Waals surface area contributed by atoms with Gasteiger partial charge in [0, 0.05) is 4.88 Å². The van der Waals surface area contributed by atoms with Gasteiger partial charge in [0.2, 0.25) is 0 Å². The van der Waals surface area contributed by atoms with Gasteiger partial charge in [0.05, 0.1) is 10.8 Å². The Kier molecular flexibility index (Phi) is 3.50. The minimum atomic E-state index is 0.613. The second-order valence-electron chi connectivity index (χ2n) is 1.99. The summed E-state index contributed by atoms with van der Waals surface area (Å²) in [7, 11) is 0. The van der Waals surface area contributed by atoms with E-state index in [1.54, 1.807) is 23.3 Å². The van der Waals surface area contributed by atoms with Gasteiger partial charge in [0.1, 0.15) is 0 Å². The van der Waals surface area contributed by atoms with Gasteiger partial charge in [0.15, 0.2) is 0 Å². The van der Waals surface area contributed by atoms with Gasteiger partial charge in [-0.1, -0.05) is 5.92 Å². The molecule has 0 atom stereocenters. The summed E-state index contributed by atoms with van der Waals surface area (Å²) in [6.07, 6.45) is 5.08. The van der Waals surface area contributed by atoms with E-state index in [2.05, 4.69) is 29.7 Å². The molecule has 0 aliphatic rings. The van der Waals surface area contributed by atoms with Gasteiger partial charge >= 0.3 is 0 Å². The van der Waals surface area contributed by atoms with Crippen LogP contribution in [0.25, 0.3) is 0 Å². The van der Waals surface area contributed by atoms with Crippen molar-refractivity contribution < 1.29 is 0 Å². The number of aryl methyl sites for hydroxylation is 1. The van der Waals surface area contributed by atoms with Gasteiger partial charge in [0.25, 0.3) is 0 Å². The van der Waals surface area contributed by atoms with Crippen LogP contribution in [0.5, 0.6) is 0 Å². The summed E-state index contributed by atoms with van der Waals surface area (Å²) in [6.45, 7) is 2.71. The van der Waals surface area contributed by atoms with Crippen LogP contribution >= 0.6 is 23.3 Å². The fraction of sp³-hybridized carbons (Fsp3) is 0.250. The molecule has 0 aromatic carbocycles. The molecule has 1 rings (SSSR count). The van der Waals surface area contributed by atoms with E-state index in [1.807, 2.05) is 0 Å². The van der Waals surface area contributed by atoms with Gasteiger partial charge in [-0.25, -0.2) is 4.72 Å². The SMILES string of the molecule is C#CCNSc1ccc(C)s1. The van der Waals surface area contributed by atoms with Crippen molar-refractivity contribution in [3.05, 3.63) is 17.0 Å². The lowest BCUT2D eigenvalue weighted by Gasteiger charge is -1.93. The number of hydrogen-bond donors (Lipinski definition) is 1. The Morgan fingerprint density at radius 2 is 2.55 bits per heavy atom. The maximum absolute atomic E-state index is 5.08. The van der Waals surface area contributed by atoms with Gasteiger partial charge in [-0.2, -0.15) is 0 Å². The number of rotatable bonds is 3. The summed E-state index contributed by atoms with van der Waals surface area (Å²) in [5, 5.41) is 0. The largest absolute Gasteiger partial charge is 0.247 e. The summed E-state index contributed by atoms with van der Waals surface area (Å²) in [6, 6.07) is 4.19. The number of nitrogens with one attached hydrogen (secondary N) is 1. The van der Waals surface area contributed by atoms with E-state index in [1.165, 1.54) is 9.09 Å². The molecule has 11 heavy (non-hydrogen) atoms. The zero-order valence-corrected chi connectivity index (χ0v) is 7.89. The quantitative estimate of drug-likeness (QED) is 0.438. The van der Waals surface area contributed by atoms with Gasteiger partial charge in [-0.15, -0.1) is 17.8 Å². The highest BCUT2D eigenvalue weighted by Crippen LogP contribution is 2.23. The normalized spacial score (nSPS) is 9.45. The Morgan fingerprint density at radius 1 is 1.73 bits per heavy atom. The first-order chi connectivity index (χ1) is 5.33. The Balaban J connectivity index is 2.34. The van der Waals surface area contributed by atoms with Crippen LogP contribution in [0, 0.1) is 19.3 Å². The van der Waals surface area contributed by atoms with Crippen molar-refractivity contribution >= 4 is 23.3 Å². The molecule has 0 aliphatic carbocycles. The highest BCUT2D eigenvalue weighted by atomic mass is 32.2. The van der Waals surface area contributed by atoms with E-state index in [0.717, 1.165) is 0 Å². The lowest BCUT2D eigenvalue weighted by atomic mass is 10.5. The van der Waals surface area contributed by atoms with Crippen LogP contribution in [0.2, 0.25) is 0 Å². The van der Waals surface area contributed by atoms with Crippen LogP contribution in [0.1, 0.15) is 4.88 Å². The molecule has 1 aromatic rings. The average Bonchev–Trinajstić information content (AvgIpc) is 2.37. The molecule has 1 N–H and O–H groups in total. The van der Waals surface area contributed by atoms with Gasteiger partial charge in [-0.3, -0.25) is 0 Å². The maximum atomic E-state index is 5.08.